The third-order valence-electron chi connectivity index (χ3n) is 7.49. The minimum Gasteiger partial charge on any atom is -0.322 e. The van der Waals surface area contributed by atoms with Gasteiger partial charge >= 0.3 is 6.03 Å². The van der Waals surface area contributed by atoms with E-state index in [1.165, 1.54) is 22.8 Å². The second kappa shape index (κ2) is 9.85. The number of nitrogens with zero attached hydrogens (tertiary/aromatic N) is 3. The molecule has 1 aromatic heterocycles. The lowest BCUT2D eigenvalue weighted by Crippen LogP contribution is -2.58. The molecule has 0 saturated carbocycles. The number of likely N-dealkylation sites (tertiary alicyclic amines) is 1. The van der Waals surface area contributed by atoms with Crippen LogP contribution in [0.2, 0.25) is 0 Å². The number of pyridine rings is 1. The second-order valence-electron chi connectivity index (χ2n) is 9.42. The quantitative estimate of drug-likeness (QED) is 0.637. The van der Waals surface area contributed by atoms with Crippen molar-refractivity contribution in [1.82, 2.24) is 20.1 Å². The van der Waals surface area contributed by atoms with Crippen molar-refractivity contribution in [3.63, 3.8) is 0 Å². The third-order valence-corrected chi connectivity index (χ3v) is 8.64. The Labute approximate surface area is 200 Å². The summed E-state index contributed by atoms with van der Waals surface area (Å²) in [5.74, 6) is 2.54. The first-order valence-electron chi connectivity index (χ1n) is 12.1. The molecule has 0 bridgehead atoms. The zero-order chi connectivity index (χ0) is 22.7. The Morgan fingerprint density at radius 2 is 1.82 bits per heavy atom. The molecule has 1 N–H and O–H groups in total. The number of hydrogen-bond donors (Lipinski definition) is 1. The van der Waals surface area contributed by atoms with E-state index in [-0.39, 0.29) is 17.9 Å². The number of urea groups is 1. The van der Waals surface area contributed by atoms with Crippen molar-refractivity contribution < 1.29 is 9.59 Å². The molecule has 0 aliphatic carbocycles. The molecule has 3 aliphatic rings. The Hall–Kier alpha value is -2.38. The molecule has 4 heterocycles. The summed E-state index contributed by atoms with van der Waals surface area (Å²) in [6.45, 7) is 2.36. The molecule has 33 heavy (non-hydrogen) atoms. The number of carbonyl (C=O) groups is 2. The van der Waals surface area contributed by atoms with Gasteiger partial charge in [-0.3, -0.25) is 19.6 Å². The van der Waals surface area contributed by atoms with Gasteiger partial charge in [0.2, 0.25) is 0 Å². The van der Waals surface area contributed by atoms with Crippen molar-refractivity contribution in [2.75, 3.05) is 31.1 Å². The van der Waals surface area contributed by atoms with Crippen molar-refractivity contribution >= 4 is 23.7 Å². The van der Waals surface area contributed by atoms with Crippen LogP contribution in [0.15, 0.2) is 54.7 Å². The fourth-order valence-electron chi connectivity index (χ4n) is 5.65. The highest BCUT2D eigenvalue weighted by Crippen LogP contribution is 2.38. The van der Waals surface area contributed by atoms with Crippen LogP contribution >= 0.6 is 11.8 Å². The summed E-state index contributed by atoms with van der Waals surface area (Å²) in [7, 11) is 0. The molecule has 0 radical (unpaired) electrons. The van der Waals surface area contributed by atoms with Gasteiger partial charge in [-0.15, -0.1) is 0 Å². The van der Waals surface area contributed by atoms with Crippen LogP contribution in [0.3, 0.4) is 0 Å². The van der Waals surface area contributed by atoms with E-state index in [0.29, 0.717) is 25.4 Å². The number of imide groups is 1. The highest BCUT2D eigenvalue weighted by atomic mass is 32.2. The first kappa shape index (κ1) is 22.4. The predicted molar refractivity (Wildman–Crippen MR) is 131 cm³/mol. The molecule has 6 nitrogen and oxygen atoms in total. The molecule has 0 unspecified atom stereocenters. The highest BCUT2D eigenvalue weighted by molar-refractivity contribution is 7.99. The molecular weight excluding hydrogens is 432 g/mol. The summed E-state index contributed by atoms with van der Waals surface area (Å²) in [4.78, 5) is 35.4. The van der Waals surface area contributed by atoms with E-state index in [1.54, 1.807) is 6.20 Å². The van der Waals surface area contributed by atoms with Crippen LogP contribution in [0.5, 0.6) is 0 Å². The van der Waals surface area contributed by atoms with Crippen LogP contribution in [0.25, 0.3) is 0 Å². The summed E-state index contributed by atoms with van der Waals surface area (Å²) in [6.07, 6.45) is 6.00. The van der Waals surface area contributed by atoms with E-state index in [9.17, 15) is 9.59 Å². The van der Waals surface area contributed by atoms with Gasteiger partial charge in [0.1, 0.15) is 5.54 Å². The maximum atomic E-state index is 13.9. The van der Waals surface area contributed by atoms with Gasteiger partial charge in [0, 0.05) is 43.1 Å². The number of benzene rings is 1. The Balaban J connectivity index is 1.35. The van der Waals surface area contributed by atoms with E-state index in [2.05, 4.69) is 27.3 Å². The Morgan fingerprint density at radius 3 is 2.52 bits per heavy atom. The number of nitrogens with one attached hydrogen (secondary N) is 1. The van der Waals surface area contributed by atoms with Gasteiger partial charge in [0.25, 0.3) is 5.91 Å². The highest BCUT2D eigenvalue weighted by Gasteiger charge is 2.55. The van der Waals surface area contributed by atoms with Crippen LogP contribution in [-0.4, -0.2) is 69.4 Å². The molecule has 0 spiro atoms. The largest absolute Gasteiger partial charge is 0.325 e. The summed E-state index contributed by atoms with van der Waals surface area (Å²) < 4.78 is 0. The van der Waals surface area contributed by atoms with E-state index in [1.807, 2.05) is 48.2 Å². The summed E-state index contributed by atoms with van der Waals surface area (Å²) in [5.41, 5.74) is 1.12. The zero-order valence-electron chi connectivity index (χ0n) is 19.0. The lowest BCUT2D eigenvalue weighted by molar-refractivity contribution is -0.134. The second-order valence-corrected chi connectivity index (χ2v) is 10.6. The summed E-state index contributed by atoms with van der Waals surface area (Å²) in [5, 5.41) is 3.20. The van der Waals surface area contributed by atoms with Crippen molar-refractivity contribution in [3.8, 4) is 0 Å². The molecule has 2 aromatic rings. The van der Waals surface area contributed by atoms with Gasteiger partial charge in [-0.05, 0) is 61.7 Å². The number of hydrogen-bond acceptors (Lipinski definition) is 5. The van der Waals surface area contributed by atoms with Gasteiger partial charge in [0.15, 0.2) is 0 Å². The number of rotatable bonds is 7. The first-order valence-corrected chi connectivity index (χ1v) is 13.2. The van der Waals surface area contributed by atoms with Crippen molar-refractivity contribution in [1.29, 1.82) is 0 Å². The molecule has 174 valence electrons. The van der Waals surface area contributed by atoms with E-state index >= 15 is 0 Å². The van der Waals surface area contributed by atoms with Gasteiger partial charge < -0.3 is 5.32 Å². The SMILES string of the molecule is O=C1N[C@@](Cc2ccccc2)(C2CCN([C@@H]3CCSC3)CC2)C(=O)N1CCc1ccccn1. The predicted octanol–water partition coefficient (Wildman–Crippen LogP) is 3.37. The van der Waals surface area contributed by atoms with E-state index in [0.717, 1.165) is 37.2 Å². The van der Waals surface area contributed by atoms with Crippen LogP contribution in [0.4, 0.5) is 4.79 Å². The minimum atomic E-state index is -0.862. The number of thioether (sulfide) groups is 1. The van der Waals surface area contributed by atoms with Gasteiger partial charge in [-0.1, -0.05) is 36.4 Å². The molecule has 5 rings (SSSR count). The number of carbonyl (C=O) groups excluding carboxylic acids is 2. The number of piperidine rings is 1. The maximum Gasteiger partial charge on any atom is 0.325 e. The zero-order valence-corrected chi connectivity index (χ0v) is 19.8. The van der Waals surface area contributed by atoms with Crippen LogP contribution in [0.1, 0.15) is 30.5 Å². The average molecular weight is 465 g/mol. The smallest absolute Gasteiger partial charge is 0.322 e. The Kier molecular flexibility index (Phi) is 6.69. The fourth-order valence-corrected chi connectivity index (χ4v) is 6.90. The standard InChI is InChI=1S/C26H32N4O2S/c31-24-26(18-20-6-2-1-3-7-20,21-9-14-29(15-10-21)23-12-17-33-19-23)28-25(32)30(24)16-11-22-8-4-5-13-27-22/h1-8,13,21,23H,9-12,14-19H2,(H,28,32)/t23-,26+/m1/s1. The third kappa shape index (κ3) is 4.66. The summed E-state index contributed by atoms with van der Waals surface area (Å²) in [6, 6.07) is 16.3. The first-order chi connectivity index (χ1) is 16.2. The minimum absolute atomic E-state index is 0.0674. The number of amides is 3. The fraction of sp³-hybridized carbons (Fsp3) is 0.500. The molecule has 3 saturated heterocycles. The maximum absolute atomic E-state index is 13.9. The lowest BCUT2D eigenvalue weighted by Gasteiger charge is -2.42. The van der Waals surface area contributed by atoms with E-state index in [4.69, 9.17) is 0 Å². The van der Waals surface area contributed by atoms with Crippen molar-refractivity contribution in [3.05, 3.63) is 66.0 Å². The number of aromatic nitrogens is 1. The monoisotopic (exact) mass is 464 g/mol. The molecule has 2 atom stereocenters. The van der Waals surface area contributed by atoms with E-state index < -0.39 is 5.54 Å². The van der Waals surface area contributed by atoms with Crippen LogP contribution < -0.4 is 5.32 Å². The lowest BCUT2D eigenvalue weighted by atomic mass is 9.73. The normalized spacial score (nSPS) is 26.7. The van der Waals surface area contributed by atoms with Gasteiger partial charge in [-0.2, -0.15) is 11.8 Å². The Bertz CT molecular complexity index is 959. The van der Waals surface area contributed by atoms with Crippen molar-refractivity contribution in [2.45, 2.75) is 43.7 Å². The molecule has 3 fully saturated rings. The molecule has 3 aliphatic heterocycles. The Morgan fingerprint density at radius 1 is 1.03 bits per heavy atom. The van der Waals surface area contributed by atoms with Gasteiger partial charge in [0.05, 0.1) is 0 Å². The average Bonchev–Trinajstić information content (AvgIpc) is 3.47. The topological polar surface area (TPSA) is 65.5 Å². The summed E-state index contributed by atoms with van der Waals surface area (Å²) >= 11 is 2.04. The molecular formula is C26H32N4O2S. The molecule has 3 amide bonds. The van der Waals surface area contributed by atoms with Crippen LogP contribution in [-0.2, 0) is 17.6 Å². The molecule has 1 aromatic carbocycles. The van der Waals surface area contributed by atoms with Crippen molar-refractivity contribution in [2.24, 2.45) is 5.92 Å². The van der Waals surface area contributed by atoms with Crippen LogP contribution in [0, 0.1) is 5.92 Å². The van der Waals surface area contributed by atoms with Gasteiger partial charge in [-0.25, -0.2) is 4.79 Å². The molecule has 7 heteroatoms.